The molecule has 2 N–H and O–H groups in total. The van der Waals surface area contributed by atoms with Gasteiger partial charge < -0.3 is 15.0 Å². The average Bonchev–Trinajstić information content (AvgIpc) is 2.93. The van der Waals surface area contributed by atoms with E-state index in [0.29, 0.717) is 12.0 Å². The third kappa shape index (κ3) is 2.27. The Kier molecular flexibility index (Phi) is 3.64. The Labute approximate surface area is 136 Å². The molecule has 23 heavy (non-hydrogen) atoms. The number of piperidine rings is 1. The van der Waals surface area contributed by atoms with Crippen molar-refractivity contribution in [1.29, 1.82) is 0 Å². The number of esters is 1. The second-order valence-electron chi connectivity index (χ2n) is 6.88. The first-order valence-electron chi connectivity index (χ1n) is 8.66. The normalized spacial score (nSPS) is 26.1. The van der Waals surface area contributed by atoms with Gasteiger partial charge in [-0.25, -0.2) is 0 Å². The number of ether oxygens (including phenoxy) is 1. The molecule has 4 nitrogen and oxygen atoms in total. The highest BCUT2D eigenvalue weighted by atomic mass is 16.5. The summed E-state index contributed by atoms with van der Waals surface area (Å²) in [5.74, 6) is 0.274. The average molecular weight is 312 g/mol. The van der Waals surface area contributed by atoms with Gasteiger partial charge in [0.05, 0.1) is 13.0 Å². The molecule has 0 saturated carbocycles. The van der Waals surface area contributed by atoms with Crippen LogP contribution in [-0.4, -0.2) is 30.6 Å². The van der Waals surface area contributed by atoms with Crippen LogP contribution < -0.4 is 5.32 Å². The predicted molar refractivity (Wildman–Crippen MR) is 90.7 cm³/mol. The van der Waals surface area contributed by atoms with Crippen LogP contribution in [-0.2, 0) is 22.4 Å². The molecular formula is C19H24N2O2. The van der Waals surface area contributed by atoms with Crippen molar-refractivity contribution in [3.63, 3.8) is 0 Å². The molecule has 2 aromatic rings. The number of aromatic nitrogens is 1. The van der Waals surface area contributed by atoms with Crippen molar-refractivity contribution < 1.29 is 9.53 Å². The lowest BCUT2D eigenvalue weighted by molar-refractivity contribution is -0.146. The number of fused-ring (bicyclic) bond motifs is 2. The largest absolute Gasteiger partial charge is 0.469 e. The highest BCUT2D eigenvalue weighted by Gasteiger charge is 2.39. The minimum absolute atomic E-state index is 0.0351. The van der Waals surface area contributed by atoms with E-state index < -0.39 is 0 Å². The molecule has 0 radical (unpaired) electrons. The van der Waals surface area contributed by atoms with Crippen molar-refractivity contribution in [1.82, 2.24) is 10.3 Å². The maximum Gasteiger partial charge on any atom is 0.309 e. The van der Waals surface area contributed by atoms with E-state index in [4.69, 9.17) is 4.74 Å². The van der Waals surface area contributed by atoms with Crippen molar-refractivity contribution in [3.05, 3.63) is 35.0 Å². The van der Waals surface area contributed by atoms with Crippen LogP contribution in [0.2, 0.25) is 0 Å². The first-order chi connectivity index (χ1) is 11.2. The van der Waals surface area contributed by atoms with Crippen LogP contribution >= 0.6 is 0 Å². The summed E-state index contributed by atoms with van der Waals surface area (Å²) < 4.78 is 4.96. The molecule has 1 aliphatic carbocycles. The number of rotatable bonds is 3. The van der Waals surface area contributed by atoms with E-state index in [1.807, 2.05) is 0 Å². The molecule has 0 amide bonds. The van der Waals surface area contributed by atoms with Crippen molar-refractivity contribution in [2.75, 3.05) is 13.7 Å². The molecule has 0 spiro atoms. The van der Waals surface area contributed by atoms with Crippen LogP contribution in [0.15, 0.2) is 18.2 Å². The molecular weight excluding hydrogens is 288 g/mol. The number of benzene rings is 1. The van der Waals surface area contributed by atoms with Gasteiger partial charge in [0.2, 0.25) is 0 Å². The molecule has 1 aromatic heterocycles. The third-order valence-corrected chi connectivity index (χ3v) is 5.56. The lowest BCUT2D eigenvalue weighted by Crippen LogP contribution is -2.48. The van der Waals surface area contributed by atoms with Gasteiger partial charge in [-0.05, 0) is 36.5 Å². The van der Waals surface area contributed by atoms with Gasteiger partial charge in [-0.2, -0.15) is 0 Å². The number of nitrogens with one attached hydrogen (secondary N) is 2. The van der Waals surface area contributed by atoms with Gasteiger partial charge in [-0.1, -0.05) is 25.5 Å². The minimum atomic E-state index is -0.0883. The van der Waals surface area contributed by atoms with Crippen molar-refractivity contribution >= 4 is 16.9 Å². The summed E-state index contributed by atoms with van der Waals surface area (Å²) >= 11 is 0. The standard InChI is InChI=1S/C19H24N2O2/c1-3-5-15-14-9-17-13(8-11(10-20-17)19(22)23-2)12-6-4-7-16(21-15)18(12)14/h4,6-7,11,13,17,20-21H,3,5,8-10H2,1-2H3/t11-,13?,17+/m0/s1. The molecule has 122 valence electrons. The molecule has 0 bridgehead atoms. The van der Waals surface area contributed by atoms with E-state index in [2.05, 4.69) is 35.4 Å². The summed E-state index contributed by atoms with van der Waals surface area (Å²) in [6, 6.07) is 6.99. The lowest BCUT2D eigenvalue weighted by atomic mass is 9.73. The van der Waals surface area contributed by atoms with Gasteiger partial charge in [-0.15, -0.1) is 0 Å². The number of carbonyl (C=O) groups is 1. The van der Waals surface area contributed by atoms with Gasteiger partial charge in [-0.3, -0.25) is 4.79 Å². The quantitative estimate of drug-likeness (QED) is 0.857. The van der Waals surface area contributed by atoms with Gasteiger partial charge in [0.15, 0.2) is 0 Å². The lowest BCUT2D eigenvalue weighted by Gasteiger charge is -2.39. The Hall–Kier alpha value is -1.81. The summed E-state index contributed by atoms with van der Waals surface area (Å²) in [5.41, 5.74) is 5.53. The maximum atomic E-state index is 12.0. The molecule has 1 aliphatic heterocycles. The Morgan fingerprint density at radius 1 is 1.39 bits per heavy atom. The molecule has 2 heterocycles. The zero-order valence-electron chi connectivity index (χ0n) is 13.8. The van der Waals surface area contributed by atoms with E-state index >= 15 is 0 Å². The molecule has 3 atom stereocenters. The van der Waals surface area contributed by atoms with E-state index in [0.717, 1.165) is 32.2 Å². The summed E-state index contributed by atoms with van der Waals surface area (Å²) in [6.45, 7) is 2.96. The van der Waals surface area contributed by atoms with E-state index in [9.17, 15) is 4.79 Å². The number of hydrogen-bond donors (Lipinski definition) is 2. The zero-order chi connectivity index (χ0) is 16.0. The molecule has 1 unspecified atom stereocenters. The van der Waals surface area contributed by atoms with Crippen LogP contribution in [0.5, 0.6) is 0 Å². The number of aromatic amines is 1. The number of hydrogen-bond acceptors (Lipinski definition) is 3. The topological polar surface area (TPSA) is 54.1 Å². The minimum Gasteiger partial charge on any atom is -0.469 e. The van der Waals surface area contributed by atoms with Crippen molar-refractivity contribution in [3.8, 4) is 0 Å². The van der Waals surface area contributed by atoms with Gasteiger partial charge in [0.1, 0.15) is 0 Å². The monoisotopic (exact) mass is 312 g/mol. The van der Waals surface area contributed by atoms with Crippen molar-refractivity contribution in [2.45, 2.75) is 44.6 Å². The fourth-order valence-corrected chi connectivity index (χ4v) is 4.51. The summed E-state index contributed by atoms with van der Waals surface area (Å²) in [5, 5.41) is 5.02. The molecule has 4 heteroatoms. The van der Waals surface area contributed by atoms with Crippen LogP contribution in [0.3, 0.4) is 0 Å². The number of aryl methyl sites for hydroxylation is 1. The molecule has 2 aliphatic rings. The molecule has 1 saturated heterocycles. The number of carbonyl (C=O) groups excluding carboxylic acids is 1. The van der Waals surface area contributed by atoms with Crippen molar-refractivity contribution in [2.24, 2.45) is 5.92 Å². The third-order valence-electron chi connectivity index (χ3n) is 5.56. The SMILES string of the molecule is CCCc1[nH]c2cccc3c2c1C[C@H]1NC[C@@H](C(=O)OC)CC31. The molecule has 1 aromatic carbocycles. The molecule has 4 rings (SSSR count). The highest BCUT2D eigenvalue weighted by Crippen LogP contribution is 2.43. The smallest absolute Gasteiger partial charge is 0.309 e. The highest BCUT2D eigenvalue weighted by molar-refractivity contribution is 5.90. The van der Waals surface area contributed by atoms with Crippen LogP contribution in [0, 0.1) is 5.92 Å². The Morgan fingerprint density at radius 2 is 2.26 bits per heavy atom. The van der Waals surface area contributed by atoms with Gasteiger partial charge in [0.25, 0.3) is 0 Å². The van der Waals surface area contributed by atoms with Crippen LogP contribution in [0.1, 0.15) is 42.5 Å². The van der Waals surface area contributed by atoms with Gasteiger partial charge >= 0.3 is 5.97 Å². The second-order valence-corrected chi connectivity index (χ2v) is 6.88. The number of H-pyrrole nitrogens is 1. The maximum absolute atomic E-state index is 12.0. The van der Waals surface area contributed by atoms with Crippen LogP contribution in [0.25, 0.3) is 10.9 Å². The van der Waals surface area contributed by atoms with E-state index in [1.54, 1.807) is 0 Å². The summed E-state index contributed by atoms with van der Waals surface area (Å²) in [4.78, 5) is 15.6. The Bertz CT molecular complexity index is 749. The summed E-state index contributed by atoms with van der Waals surface area (Å²) in [6.07, 6.45) is 4.20. The predicted octanol–water partition coefficient (Wildman–Crippen LogP) is 2.91. The van der Waals surface area contributed by atoms with Gasteiger partial charge in [0, 0.05) is 35.1 Å². The molecule has 1 fully saturated rings. The van der Waals surface area contributed by atoms with E-state index in [1.165, 1.54) is 34.8 Å². The van der Waals surface area contributed by atoms with Crippen LogP contribution in [0.4, 0.5) is 0 Å². The fourth-order valence-electron chi connectivity index (χ4n) is 4.51. The second kappa shape index (κ2) is 5.68. The summed E-state index contributed by atoms with van der Waals surface area (Å²) in [7, 11) is 1.48. The first-order valence-corrected chi connectivity index (χ1v) is 8.66. The fraction of sp³-hybridized carbons (Fsp3) is 0.526. The number of methoxy groups -OCH3 is 1. The Morgan fingerprint density at radius 3 is 3.04 bits per heavy atom. The zero-order valence-corrected chi connectivity index (χ0v) is 13.8. The van der Waals surface area contributed by atoms with E-state index in [-0.39, 0.29) is 11.9 Å². The Balaban J connectivity index is 1.77. The first kappa shape index (κ1) is 14.8.